The lowest BCUT2D eigenvalue weighted by molar-refractivity contribution is -0.147. The van der Waals surface area contributed by atoms with Crippen LogP contribution in [0.1, 0.15) is 0 Å². The number of imidazole rings is 1. The summed E-state index contributed by atoms with van der Waals surface area (Å²) in [4.78, 5) is 22.1. The van der Waals surface area contributed by atoms with Gasteiger partial charge in [-0.25, -0.2) is 19.7 Å². The molecule has 7 nitrogen and oxygen atoms in total. The highest BCUT2D eigenvalue weighted by Gasteiger charge is 2.16. The van der Waals surface area contributed by atoms with Crippen LogP contribution in [0.2, 0.25) is 5.15 Å². The lowest BCUT2D eigenvalue weighted by Crippen LogP contribution is -2.25. The van der Waals surface area contributed by atoms with Crippen molar-refractivity contribution in [2.75, 3.05) is 0 Å². The summed E-state index contributed by atoms with van der Waals surface area (Å²) < 4.78 is 1.40. The maximum Gasteiger partial charge on any atom is 0.334 e. The van der Waals surface area contributed by atoms with Crippen molar-refractivity contribution in [2.45, 2.75) is 12.6 Å². The molecule has 16 heavy (non-hydrogen) atoms. The molecule has 0 bridgehead atoms. The summed E-state index contributed by atoms with van der Waals surface area (Å²) in [6, 6.07) is 0. The Labute approximate surface area is 94.3 Å². The molecule has 0 unspecified atom stereocenters. The minimum atomic E-state index is -1.51. The molecule has 0 saturated heterocycles. The van der Waals surface area contributed by atoms with Crippen molar-refractivity contribution in [1.82, 2.24) is 19.5 Å². The van der Waals surface area contributed by atoms with E-state index in [2.05, 4.69) is 15.0 Å². The van der Waals surface area contributed by atoms with E-state index in [0.29, 0.717) is 11.2 Å². The molecule has 0 aliphatic rings. The van der Waals surface area contributed by atoms with Gasteiger partial charge in [-0.05, 0) is 0 Å². The van der Waals surface area contributed by atoms with Gasteiger partial charge in [0.25, 0.3) is 0 Å². The molecule has 8 heteroatoms. The van der Waals surface area contributed by atoms with Crippen LogP contribution in [0, 0.1) is 0 Å². The van der Waals surface area contributed by atoms with E-state index in [1.54, 1.807) is 0 Å². The number of hydrogen-bond acceptors (Lipinski definition) is 5. The Morgan fingerprint density at radius 3 is 2.94 bits per heavy atom. The average molecular weight is 243 g/mol. The van der Waals surface area contributed by atoms with Crippen LogP contribution < -0.4 is 0 Å². The summed E-state index contributed by atoms with van der Waals surface area (Å²) in [5.74, 6) is -1.30. The van der Waals surface area contributed by atoms with Crippen LogP contribution in [0.3, 0.4) is 0 Å². The Balaban J connectivity index is 2.39. The van der Waals surface area contributed by atoms with Gasteiger partial charge >= 0.3 is 5.97 Å². The van der Waals surface area contributed by atoms with E-state index in [1.165, 1.54) is 17.2 Å². The van der Waals surface area contributed by atoms with Crippen molar-refractivity contribution in [2.24, 2.45) is 0 Å². The molecule has 2 heterocycles. The number of nitrogens with zero attached hydrogens (tertiary/aromatic N) is 4. The van der Waals surface area contributed by atoms with Crippen molar-refractivity contribution in [3.63, 3.8) is 0 Å². The number of aliphatic carboxylic acids is 1. The van der Waals surface area contributed by atoms with Crippen molar-refractivity contribution in [1.29, 1.82) is 0 Å². The number of carbonyl (C=O) groups is 1. The lowest BCUT2D eigenvalue weighted by atomic mass is 10.3. The molecular formula is C8H7ClN4O3. The van der Waals surface area contributed by atoms with E-state index < -0.39 is 12.1 Å². The first-order chi connectivity index (χ1) is 7.59. The van der Waals surface area contributed by atoms with Gasteiger partial charge in [-0.3, -0.25) is 0 Å². The summed E-state index contributed by atoms with van der Waals surface area (Å²) in [5.41, 5.74) is 0.766. The minimum Gasteiger partial charge on any atom is -0.479 e. The largest absolute Gasteiger partial charge is 0.479 e. The average Bonchev–Trinajstić information content (AvgIpc) is 2.63. The summed E-state index contributed by atoms with van der Waals surface area (Å²) in [5, 5.41) is 18.0. The summed E-state index contributed by atoms with van der Waals surface area (Å²) in [6.07, 6.45) is 1.10. The standard InChI is InChI=1S/C8H7ClN4O3/c9-6-5-7(11-2-10-6)13(3-12-5)1-4(14)8(15)16/h2-4,14H,1H2,(H,15,16)/t4-/m1/s1. The monoisotopic (exact) mass is 242 g/mol. The first-order valence-electron chi connectivity index (χ1n) is 4.32. The predicted octanol–water partition coefficient (Wildman–Crippen LogP) is -0.0748. The van der Waals surface area contributed by atoms with E-state index in [0.717, 1.165) is 0 Å². The van der Waals surface area contributed by atoms with Crippen LogP contribution in [-0.2, 0) is 11.3 Å². The maximum absolute atomic E-state index is 10.5. The van der Waals surface area contributed by atoms with Crippen LogP contribution in [0.15, 0.2) is 12.7 Å². The first-order valence-corrected chi connectivity index (χ1v) is 4.69. The van der Waals surface area contributed by atoms with Crippen LogP contribution in [0.5, 0.6) is 0 Å². The van der Waals surface area contributed by atoms with E-state index >= 15 is 0 Å². The molecule has 0 spiro atoms. The molecule has 0 aliphatic carbocycles. The Morgan fingerprint density at radius 2 is 2.25 bits per heavy atom. The quantitative estimate of drug-likeness (QED) is 0.731. The normalized spacial score (nSPS) is 12.9. The molecular weight excluding hydrogens is 236 g/mol. The number of aliphatic hydroxyl groups is 1. The van der Waals surface area contributed by atoms with E-state index in [4.69, 9.17) is 16.7 Å². The number of carboxylic acid groups (broad SMARTS) is 1. The summed E-state index contributed by atoms with van der Waals surface area (Å²) >= 11 is 5.76. The fourth-order valence-electron chi connectivity index (χ4n) is 1.25. The zero-order valence-electron chi connectivity index (χ0n) is 7.91. The first kappa shape index (κ1) is 10.8. The SMILES string of the molecule is O=C(O)[C@H](O)Cn1cnc2c(Cl)ncnc21. The van der Waals surface area contributed by atoms with Crippen molar-refractivity contribution < 1.29 is 15.0 Å². The van der Waals surface area contributed by atoms with Crippen LogP contribution in [-0.4, -0.2) is 41.8 Å². The fourth-order valence-corrected chi connectivity index (χ4v) is 1.43. The van der Waals surface area contributed by atoms with Crippen molar-refractivity contribution in [3.8, 4) is 0 Å². The van der Waals surface area contributed by atoms with Crippen molar-refractivity contribution >= 4 is 28.7 Å². The number of fused-ring (bicyclic) bond motifs is 1. The molecule has 1 atom stereocenters. The minimum absolute atomic E-state index is 0.140. The van der Waals surface area contributed by atoms with Crippen molar-refractivity contribution in [3.05, 3.63) is 17.8 Å². The topological polar surface area (TPSA) is 101 Å². The van der Waals surface area contributed by atoms with Gasteiger partial charge in [0.1, 0.15) is 11.8 Å². The zero-order valence-corrected chi connectivity index (χ0v) is 8.66. The zero-order chi connectivity index (χ0) is 11.7. The lowest BCUT2D eigenvalue weighted by Gasteiger charge is -2.06. The van der Waals surface area contributed by atoms with Crippen LogP contribution in [0.25, 0.3) is 11.2 Å². The third-order valence-corrected chi connectivity index (χ3v) is 2.29. The Hall–Kier alpha value is -1.73. The molecule has 0 saturated carbocycles. The fraction of sp³-hybridized carbons (Fsp3) is 0.250. The molecule has 0 fully saturated rings. The highest BCUT2D eigenvalue weighted by atomic mass is 35.5. The highest BCUT2D eigenvalue weighted by Crippen LogP contribution is 2.17. The molecule has 0 amide bonds. The number of rotatable bonds is 3. The number of aliphatic hydroxyl groups excluding tert-OH is 1. The highest BCUT2D eigenvalue weighted by molar-refractivity contribution is 6.33. The van der Waals surface area contributed by atoms with E-state index in [9.17, 15) is 9.90 Å². The predicted molar refractivity (Wildman–Crippen MR) is 54.0 cm³/mol. The van der Waals surface area contributed by atoms with Gasteiger partial charge in [0.2, 0.25) is 0 Å². The third kappa shape index (κ3) is 1.82. The number of hydrogen-bond donors (Lipinski definition) is 2. The molecule has 2 N–H and O–H groups in total. The molecule has 2 rings (SSSR count). The number of aromatic nitrogens is 4. The molecule has 0 aliphatic heterocycles. The van der Waals surface area contributed by atoms with Crippen LogP contribution in [0.4, 0.5) is 0 Å². The van der Waals surface area contributed by atoms with Gasteiger partial charge in [0.05, 0.1) is 12.9 Å². The molecule has 0 radical (unpaired) electrons. The molecule has 2 aromatic heterocycles. The van der Waals surface area contributed by atoms with Gasteiger partial charge in [-0.15, -0.1) is 0 Å². The van der Waals surface area contributed by atoms with Gasteiger partial charge in [-0.1, -0.05) is 11.6 Å². The maximum atomic E-state index is 10.5. The second-order valence-electron chi connectivity index (χ2n) is 3.09. The van der Waals surface area contributed by atoms with E-state index in [1.807, 2.05) is 0 Å². The number of carboxylic acids is 1. The van der Waals surface area contributed by atoms with Gasteiger partial charge in [0.15, 0.2) is 16.9 Å². The second kappa shape index (κ2) is 4.03. The smallest absolute Gasteiger partial charge is 0.334 e. The summed E-state index contributed by atoms with van der Waals surface area (Å²) in [7, 11) is 0. The van der Waals surface area contributed by atoms with E-state index in [-0.39, 0.29) is 11.7 Å². The molecule has 84 valence electrons. The van der Waals surface area contributed by atoms with Crippen LogP contribution >= 0.6 is 11.6 Å². The summed E-state index contributed by atoms with van der Waals surface area (Å²) in [6.45, 7) is -0.140. The third-order valence-electron chi connectivity index (χ3n) is 2.01. The second-order valence-corrected chi connectivity index (χ2v) is 3.45. The van der Waals surface area contributed by atoms with Gasteiger partial charge < -0.3 is 14.8 Å². The Morgan fingerprint density at radius 1 is 1.50 bits per heavy atom. The molecule has 0 aromatic carbocycles. The Kier molecular flexibility index (Phi) is 2.71. The molecule has 2 aromatic rings. The number of halogens is 1. The van der Waals surface area contributed by atoms with Gasteiger partial charge in [-0.2, -0.15) is 0 Å². The Bertz CT molecular complexity index is 541. The van der Waals surface area contributed by atoms with Gasteiger partial charge in [0, 0.05) is 0 Å².